The number of pyridine rings is 1. The van der Waals surface area contributed by atoms with Crippen molar-refractivity contribution in [1.82, 2.24) is 14.6 Å². The lowest BCUT2D eigenvalue weighted by molar-refractivity contribution is 0.253. The lowest BCUT2D eigenvalue weighted by Gasteiger charge is -2.36. The SMILES string of the molecule is Cl.O=S(=O)(NCCCCN1CCN(c2ccc(Cl)cc2)CC1)c1cncc2ccccc12. The second kappa shape index (κ2) is 11.3. The standard InChI is InChI=1S/C23H27ClN4O2S.ClH/c24-20-7-9-21(10-8-20)28-15-13-27(14-16-28)12-4-3-11-26-31(29,30)23-18-25-17-19-5-1-2-6-22(19)23;/h1-2,5-10,17-18,26H,3-4,11-16H2;1H. The third-order valence-electron chi connectivity index (χ3n) is 5.68. The number of hydrogen-bond donors (Lipinski definition) is 1. The van der Waals surface area contributed by atoms with Gasteiger partial charge in [0.1, 0.15) is 4.90 Å². The fraction of sp³-hybridized carbons (Fsp3) is 0.348. The van der Waals surface area contributed by atoms with Crippen molar-refractivity contribution in [2.24, 2.45) is 0 Å². The molecule has 0 saturated carbocycles. The number of anilines is 1. The lowest BCUT2D eigenvalue weighted by atomic mass is 10.2. The van der Waals surface area contributed by atoms with Crippen molar-refractivity contribution in [1.29, 1.82) is 0 Å². The predicted molar refractivity (Wildman–Crippen MR) is 134 cm³/mol. The van der Waals surface area contributed by atoms with Gasteiger partial charge in [-0.15, -0.1) is 12.4 Å². The largest absolute Gasteiger partial charge is 0.369 e. The Morgan fingerprint density at radius 1 is 0.938 bits per heavy atom. The summed E-state index contributed by atoms with van der Waals surface area (Å²) in [4.78, 5) is 9.13. The Labute approximate surface area is 201 Å². The van der Waals surface area contributed by atoms with Crippen LogP contribution < -0.4 is 9.62 Å². The molecular weight excluding hydrogens is 467 g/mol. The molecule has 2 aromatic carbocycles. The van der Waals surface area contributed by atoms with Crippen LogP contribution in [0.4, 0.5) is 5.69 Å². The van der Waals surface area contributed by atoms with Crippen molar-refractivity contribution in [3.8, 4) is 0 Å². The Morgan fingerprint density at radius 3 is 2.41 bits per heavy atom. The van der Waals surface area contributed by atoms with E-state index in [0.29, 0.717) is 11.9 Å². The van der Waals surface area contributed by atoms with E-state index in [4.69, 9.17) is 11.6 Å². The number of halogens is 2. The van der Waals surface area contributed by atoms with Crippen molar-refractivity contribution >= 4 is 50.5 Å². The second-order valence-corrected chi connectivity index (χ2v) is 9.94. The molecule has 0 unspecified atom stereocenters. The molecule has 6 nitrogen and oxygen atoms in total. The van der Waals surface area contributed by atoms with Crippen LogP contribution in [-0.4, -0.2) is 57.6 Å². The number of benzene rings is 2. The summed E-state index contributed by atoms with van der Waals surface area (Å²) < 4.78 is 28.2. The number of sulfonamides is 1. The van der Waals surface area contributed by atoms with Gasteiger partial charge in [-0.2, -0.15) is 0 Å². The van der Waals surface area contributed by atoms with Crippen LogP contribution in [0.25, 0.3) is 10.8 Å². The lowest BCUT2D eigenvalue weighted by Crippen LogP contribution is -2.46. The van der Waals surface area contributed by atoms with Crippen LogP contribution in [0.5, 0.6) is 0 Å². The third kappa shape index (κ3) is 6.11. The van der Waals surface area contributed by atoms with E-state index in [1.54, 1.807) is 6.20 Å². The molecule has 1 N–H and O–H groups in total. The number of unbranched alkanes of at least 4 members (excludes halogenated alkanes) is 1. The molecule has 0 atom stereocenters. The molecule has 3 aromatic rings. The quantitative estimate of drug-likeness (QED) is 0.475. The topological polar surface area (TPSA) is 65.5 Å². The Kier molecular flexibility index (Phi) is 8.73. The number of piperazine rings is 1. The summed E-state index contributed by atoms with van der Waals surface area (Å²) >= 11 is 5.97. The minimum absolute atomic E-state index is 0. The highest BCUT2D eigenvalue weighted by Crippen LogP contribution is 2.21. The van der Waals surface area contributed by atoms with Crippen LogP contribution in [0.3, 0.4) is 0 Å². The molecule has 0 amide bonds. The Morgan fingerprint density at radius 2 is 1.66 bits per heavy atom. The van der Waals surface area contributed by atoms with E-state index in [2.05, 4.69) is 31.6 Å². The molecule has 2 heterocycles. The van der Waals surface area contributed by atoms with Crippen molar-refractivity contribution in [2.75, 3.05) is 44.2 Å². The van der Waals surface area contributed by atoms with Crippen molar-refractivity contribution in [3.63, 3.8) is 0 Å². The van der Waals surface area contributed by atoms with E-state index in [1.807, 2.05) is 36.4 Å². The Bertz CT molecular complexity index is 1110. The van der Waals surface area contributed by atoms with E-state index in [1.165, 1.54) is 11.9 Å². The van der Waals surface area contributed by atoms with Gasteiger partial charge in [0.15, 0.2) is 0 Å². The first-order valence-electron chi connectivity index (χ1n) is 10.6. The summed E-state index contributed by atoms with van der Waals surface area (Å²) in [6, 6.07) is 15.4. The van der Waals surface area contributed by atoms with Gasteiger partial charge in [-0.05, 0) is 43.7 Å². The van der Waals surface area contributed by atoms with Gasteiger partial charge in [0.2, 0.25) is 10.0 Å². The van der Waals surface area contributed by atoms with Gasteiger partial charge in [0, 0.05) is 66.6 Å². The van der Waals surface area contributed by atoms with Crippen LogP contribution >= 0.6 is 24.0 Å². The monoisotopic (exact) mass is 494 g/mol. The van der Waals surface area contributed by atoms with E-state index in [0.717, 1.165) is 56.0 Å². The van der Waals surface area contributed by atoms with Crippen LogP contribution in [-0.2, 0) is 10.0 Å². The number of hydrogen-bond acceptors (Lipinski definition) is 5. The van der Waals surface area contributed by atoms with Gasteiger partial charge in [-0.1, -0.05) is 35.9 Å². The van der Waals surface area contributed by atoms with Crippen molar-refractivity contribution < 1.29 is 8.42 Å². The third-order valence-corrected chi connectivity index (χ3v) is 7.42. The molecule has 1 aliphatic heterocycles. The zero-order valence-corrected chi connectivity index (χ0v) is 20.2. The summed E-state index contributed by atoms with van der Waals surface area (Å²) in [6.07, 6.45) is 4.86. The minimum atomic E-state index is -3.58. The molecular formula is C23H28Cl2N4O2S. The molecule has 1 fully saturated rings. The van der Waals surface area contributed by atoms with Gasteiger partial charge >= 0.3 is 0 Å². The maximum Gasteiger partial charge on any atom is 0.242 e. The van der Waals surface area contributed by atoms with E-state index in [-0.39, 0.29) is 17.3 Å². The van der Waals surface area contributed by atoms with E-state index >= 15 is 0 Å². The summed E-state index contributed by atoms with van der Waals surface area (Å²) in [5.41, 5.74) is 1.21. The molecule has 0 radical (unpaired) electrons. The fourth-order valence-corrected chi connectivity index (χ4v) is 5.30. The predicted octanol–water partition coefficient (Wildman–Crippen LogP) is 4.19. The molecule has 9 heteroatoms. The molecule has 32 heavy (non-hydrogen) atoms. The molecule has 0 spiro atoms. The maximum absolute atomic E-state index is 12.7. The normalized spacial score (nSPS) is 15.0. The number of fused-ring (bicyclic) bond motifs is 1. The highest BCUT2D eigenvalue weighted by atomic mass is 35.5. The smallest absolute Gasteiger partial charge is 0.242 e. The van der Waals surface area contributed by atoms with Gasteiger partial charge in [-0.25, -0.2) is 13.1 Å². The zero-order chi connectivity index (χ0) is 21.7. The first-order valence-corrected chi connectivity index (χ1v) is 12.4. The van der Waals surface area contributed by atoms with Gasteiger partial charge < -0.3 is 4.90 Å². The van der Waals surface area contributed by atoms with Crippen molar-refractivity contribution in [3.05, 3.63) is 65.9 Å². The van der Waals surface area contributed by atoms with Gasteiger partial charge in [-0.3, -0.25) is 9.88 Å². The Balaban J connectivity index is 0.00000289. The number of nitrogens with one attached hydrogen (secondary N) is 1. The number of nitrogens with zero attached hydrogens (tertiary/aromatic N) is 3. The Hall–Kier alpha value is -1.90. The van der Waals surface area contributed by atoms with Crippen LogP contribution in [0.15, 0.2) is 65.8 Å². The summed E-state index contributed by atoms with van der Waals surface area (Å²) in [5.74, 6) is 0. The first-order chi connectivity index (χ1) is 15.0. The average molecular weight is 495 g/mol. The molecule has 1 aromatic heterocycles. The molecule has 0 aliphatic carbocycles. The van der Waals surface area contributed by atoms with Gasteiger partial charge in [0.05, 0.1) is 0 Å². The summed E-state index contributed by atoms with van der Waals surface area (Å²) in [6.45, 7) is 5.40. The average Bonchev–Trinajstić information content (AvgIpc) is 2.79. The highest BCUT2D eigenvalue weighted by molar-refractivity contribution is 7.89. The second-order valence-electron chi connectivity index (χ2n) is 7.77. The molecule has 4 rings (SSSR count). The molecule has 1 aliphatic rings. The zero-order valence-electron chi connectivity index (χ0n) is 17.8. The van der Waals surface area contributed by atoms with Crippen LogP contribution in [0, 0.1) is 0 Å². The van der Waals surface area contributed by atoms with Crippen LogP contribution in [0.2, 0.25) is 5.02 Å². The maximum atomic E-state index is 12.7. The molecule has 0 bridgehead atoms. The van der Waals surface area contributed by atoms with E-state index < -0.39 is 10.0 Å². The summed E-state index contributed by atoms with van der Waals surface area (Å²) in [5, 5.41) is 2.28. The highest BCUT2D eigenvalue weighted by Gasteiger charge is 2.18. The van der Waals surface area contributed by atoms with E-state index in [9.17, 15) is 8.42 Å². The number of rotatable bonds is 8. The van der Waals surface area contributed by atoms with Crippen molar-refractivity contribution in [2.45, 2.75) is 17.7 Å². The van der Waals surface area contributed by atoms with Gasteiger partial charge in [0.25, 0.3) is 0 Å². The first kappa shape index (κ1) is 24.7. The number of aromatic nitrogens is 1. The minimum Gasteiger partial charge on any atom is -0.369 e. The molecule has 1 saturated heterocycles. The summed E-state index contributed by atoms with van der Waals surface area (Å²) in [7, 11) is -3.58. The fourth-order valence-electron chi connectivity index (χ4n) is 3.93. The van der Waals surface area contributed by atoms with Crippen LogP contribution in [0.1, 0.15) is 12.8 Å². The molecule has 172 valence electrons.